The third-order valence-electron chi connectivity index (χ3n) is 11.2. The molecule has 2 aromatic heterocycles. The first-order chi connectivity index (χ1) is 23.2. The number of carbonyl (C=O) groups is 1. The second-order valence-electron chi connectivity index (χ2n) is 14.4. The fraction of sp³-hybridized carbons (Fsp3) is 0.622. The summed E-state index contributed by atoms with van der Waals surface area (Å²) in [6.07, 6.45) is 12.6. The molecule has 260 valence electrons. The fourth-order valence-electron chi connectivity index (χ4n) is 8.49. The molecule has 2 fully saturated rings. The van der Waals surface area contributed by atoms with Gasteiger partial charge in [0.2, 0.25) is 5.95 Å². The van der Waals surface area contributed by atoms with Crippen molar-refractivity contribution >= 4 is 17.7 Å². The van der Waals surface area contributed by atoms with E-state index >= 15 is 0 Å². The quantitative estimate of drug-likeness (QED) is 0.228. The Balaban J connectivity index is 1.33. The van der Waals surface area contributed by atoms with E-state index in [1.54, 1.807) is 12.1 Å². The first-order valence-corrected chi connectivity index (χ1v) is 17.9. The molecule has 1 aliphatic heterocycles. The molecule has 0 amide bonds. The molecule has 6 rings (SSSR count). The summed E-state index contributed by atoms with van der Waals surface area (Å²) in [5.41, 5.74) is 4.20. The largest absolute Gasteiger partial charge is 0.481 e. The lowest BCUT2D eigenvalue weighted by Gasteiger charge is -2.38. The number of halogens is 1. The number of likely N-dealkylation sites (tertiary alicyclic amines) is 1. The van der Waals surface area contributed by atoms with E-state index in [0.717, 1.165) is 99.2 Å². The standard InChI is InChI=1S/C37H52FN7O3/c1-4-34(25-10-12-26(13-11-25)36(47)48)44(3)37-41-32-15-14-28(27-8-5-9-30(38)17-27)18-31(32)35(42-37)40-33(29-19-39-43(2)21-29)22-45-16-6-7-24(20-45)23-46/h5,8-9,17,19,21,24-26,28,33-34,46H,4,6-7,10-16,18,20,22-23H2,1-3H3,(H,47,48)(H,40,41,42)/t24-,25?,26?,28+,33-,34+/m0/s1. The SMILES string of the molecule is CC[C@H](C1CCC(C(=O)O)CC1)N(C)c1nc2c(c(N[C@@H](CN3CCC[C@H](CO)C3)c3cnn(C)c3)n1)C[C@H](c1cccc(F)c1)CC2. The molecule has 1 saturated carbocycles. The molecule has 0 unspecified atom stereocenters. The number of benzene rings is 1. The number of rotatable bonds is 12. The normalized spacial score (nSPS) is 24.4. The number of nitrogens with one attached hydrogen (secondary N) is 1. The van der Waals surface area contributed by atoms with Crippen LogP contribution in [0.1, 0.15) is 92.6 Å². The van der Waals surface area contributed by atoms with Crippen molar-refractivity contribution < 1.29 is 19.4 Å². The summed E-state index contributed by atoms with van der Waals surface area (Å²) < 4.78 is 16.1. The predicted octanol–water partition coefficient (Wildman–Crippen LogP) is 5.59. The van der Waals surface area contributed by atoms with Crippen LogP contribution in [0.2, 0.25) is 0 Å². The van der Waals surface area contributed by atoms with Gasteiger partial charge in [0.25, 0.3) is 0 Å². The van der Waals surface area contributed by atoms with E-state index in [2.05, 4.69) is 40.4 Å². The molecule has 0 spiro atoms. The molecule has 48 heavy (non-hydrogen) atoms. The number of aliphatic hydroxyl groups is 1. The molecular weight excluding hydrogens is 609 g/mol. The number of fused-ring (bicyclic) bond motifs is 1. The lowest BCUT2D eigenvalue weighted by molar-refractivity contribution is -0.143. The van der Waals surface area contributed by atoms with Crippen LogP contribution in [-0.4, -0.2) is 80.2 Å². The molecule has 1 aromatic carbocycles. The molecule has 3 N–H and O–H groups in total. The highest BCUT2D eigenvalue weighted by Crippen LogP contribution is 2.39. The number of aliphatic hydroxyl groups excluding tert-OH is 1. The Morgan fingerprint density at radius 2 is 1.98 bits per heavy atom. The van der Waals surface area contributed by atoms with Crippen molar-refractivity contribution in [1.82, 2.24) is 24.6 Å². The zero-order valence-electron chi connectivity index (χ0n) is 28.7. The van der Waals surface area contributed by atoms with Crippen LogP contribution in [0.25, 0.3) is 0 Å². The van der Waals surface area contributed by atoms with Gasteiger partial charge in [0, 0.05) is 57.2 Å². The van der Waals surface area contributed by atoms with Gasteiger partial charge in [-0.25, -0.2) is 9.37 Å². The van der Waals surface area contributed by atoms with Crippen molar-refractivity contribution in [1.29, 1.82) is 0 Å². The molecule has 0 radical (unpaired) electrons. The van der Waals surface area contributed by atoms with Crippen LogP contribution >= 0.6 is 0 Å². The lowest BCUT2D eigenvalue weighted by Crippen LogP contribution is -2.41. The maximum atomic E-state index is 14.3. The van der Waals surface area contributed by atoms with Gasteiger partial charge in [0.1, 0.15) is 11.6 Å². The van der Waals surface area contributed by atoms with E-state index < -0.39 is 5.97 Å². The van der Waals surface area contributed by atoms with Gasteiger partial charge in [-0.15, -0.1) is 0 Å². The van der Waals surface area contributed by atoms with Crippen LogP contribution in [0.4, 0.5) is 16.2 Å². The van der Waals surface area contributed by atoms with E-state index in [9.17, 15) is 19.4 Å². The van der Waals surface area contributed by atoms with Crippen molar-refractivity contribution in [2.75, 3.05) is 43.5 Å². The number of carboxylic acid groups (broad SMARTS) is 1. The Morgan fingerprint density at radius 1 is 1.17 bits per heavy atom. The van der Waals surface area contributed by atoms with Crippen molar-refractivity contribution in [3.8, 4) is 0 Å². The minimum atomic E-state index is -0.681. The second kappa shape index (κ2) is 15.3. The minimum absolute atomic E-state index is 0.0869. The number of hydrogen-bond acceptors (Lipinski definition) is 8. The fourth-order valence-corrected chi connectivity index (χ4v) is 8.49. The van der Waals surface area contributed by atoms with Gasteiger partial charge in [0.15, 0.2) is 0 Å². The molecule has 10 nitrogen and oxygen atoms in total. The van der Waals surface area contributed by atoms with Crippen LogP contribution < -0.4 is 10.2 Å². The van der Waals surface area contributed by atoms with Crippen LogP contribution in [0, 0.1) is 23.6 Å². The van der Waals surface area contributed by atoms with Crippen molar-refractivity contribution in [3.05, 3.63) is 64.9 Å². The minimum Gasteiger partial charge on any atom is -0.481 e. The summed E-state index contributed by atoms with van der Waals surface area (Å²) in [6, 6.07) is 7.08. The van der Waals surface area contributed by atoms with E-state index in [-0.39, 0.29) is 42.3 Å². The highest BCUT2D eigenvalue weighted by Gasteiger charge is 2.34. The number of aromatic nitrogens is 4. The number of carboxylic acids is 1. The number of aliphatic carboxylic acids is 1. The highest BCUT2D eigenvalue weighted by molar-refractivity contribution is 5.70. The first-order valence-electron chi connectivity index (χ1n) is 17.9. The summed E-state index contributed by atoms with van der Waals surface area (Å²) in [5, 5.41) is 27.9. The molecule has 3 aliphatic rings. The Morgan fingerprint density at radius 3 is 2.67 bits per heavy atom. The van der Waals surface area contributed by atoms with Gasteiger partial charge in [0.05, 0.1) is 23.9 Å². The summed E-state index contributed by atoms with van der Waals surface area (Å²) in [4.78, 5) is 26.8. The van der Waals surface area contributed by atoms with Gasteiger partial charge in [-0.05, 0) is 106 Å². The molecule has 3 aromatic rings. The molecule has 1 saturated heterocycles. The van der Waals surface area contributed by atoms with Gasteiger partial charge in [-0.1, -0.05) is 19.1 Å². The van der Waals surface area contributed by atoms with Crippen molar-refractivity contribution in [3.63, 3.8) is 0 Å². The molecule has 4 atom stereocenters. The van der Waals surface area contributed by atoms with Crippen LogP contribution in [0.3, 0.4) is 0 Å². The van der Waals surface area contributed by atoms with Crippen molar-refractivity contribution in [2.24, 2.45) is 24.8 Å². The van der Waals surface area contributed by atoms with Crippen LogP contribution in [0.15, 0.2) is 36.7 Å². The van der Waals surface area contributed by atoms with E-state index in [1.807, 2.05) is 24.0 Å². The van der Waals surface area contributed by atoms with Gasteiger partial charge >= 0.3 is 5.97 Å². The molecule has 3 heterocycles. The average Bonchev–Trinajstić information content (AvgIpc) is 3.54. The van der Waals surface area contributed by atoms with Crippen molar-refractivity contribution in [2.45, 2.75) is 89.1 Å². The average molecular weight is 662 g/mol. The monoisotopic (exact) mass is 661 g/mol. The Labute approximate surface area is 283 Å². The number of hydrogen-bond donors (Lipinski definition) is 3. The number of anilines is 2. The predicted molar refractivity (Wildman–Crippen MR) is 185 cm³/mol. The molecule has 2 aliphatic carbocycles. The summed E-state index contributed by atoms with van der Waals surface area (Å²) in [7, 11) is 4.02. The molecule has 11 heteroatoms. The Bertz CT molecular complexity index is 1540. The highest BCUT2D eigenvalue weighted by atomic mass is 19.1. The summed E-state index contributed by atoms with van der Waals surface area (Å²) >= 11 is 0. The number of nitrogens with zero attached hydrogens (tertiary/aromatic N) is 6. The molecular formula is C37H52FN7O3. The van der Waals surface area contributed by atoms with E-state index in [1.165, 1.54) is 6.07 Å². The zero-order valence-corrected chi connectivity index (χ0v) is 28.7. The third kappa shape index (κ3) is 7.83. The Hall–Kier alpha value is -3.57. The van der Waals surface area contributed by atoms with Crippen LogP contribution in [-0.2, 0) is 24.7 Å². The topological polar surface area (TPSA) is 120 Å². The second-order valence-corrected chi connectivity index (χ2v) is 14.4. The number of piperidine rings is 1. The maximum Gasteiger partial charge on any atom is 0.306 e. The number of aryl methyl sites for hydroxylation is 2. The van der Waals surface area contributed by atoms with Gasteiger partial charge < -0.3 is 25.3 Å². The summed E-state index contributed by atoms with van der Waals surface area (Å²) in [5.74, 6) is 1.19. The Kier molecular flexibility index (Phi) is 10.9. The summed E-state index contributed by atoms with van der Waals surface area (Å²) in [6.45, 7) is 4.99. The smallest absolute Gasteiger partial charge is 0.306 e. The van der Waals surface area contributed by atoms with E-state index in [4.69, 9.17) is 9.97 Å². The third-order valence-corrected chi connectivity index (χ3v) is 11.2. The van der Waals surface area contributed by atoms with Gasteiger partial charge in [-0.2, -0.15) is 10.1 Å². The van der Waals surface area contributed by atoms with E-state index in [0.29, 0.717) is 24.7 Å². The lowest BCUT2D eigenvalue weighted by atomic mass is 9.77. The van der Waals surface area contributed by atoms with Gasteiger partial charge in [-0.3, -0.25) is 9.48 Å². The molecule has 0 bridgehead atoms. The zero-order chi connectivity index (χ0) is 33.8. The first kappa shape index (κ1) is 34.3. The van der Waals surface area contributed by atoms with Crippen LogP contribution in [0.5, 0.6) is 0 Å². The maximum absolute atomic E-state index is 14.3.